The van der Waals surface area contributed by atoms with E-state index in [4.69, 9.17) is 14.2 Å². The second-order valence-electron chi connectivity index (χ2n) is 7.77. The van der Waals surface area contributed by atoms with E-state index in [1.54, 1.807) is 42.5 Å². The van der Waals surface area contributed by atoms with E-state index >= 15 is 0 Å². The Balaban J connectivity index is 1.61. The minimum atomic E-state index is -0.572. The summed E-state index contributed by atoms with van der Waals surface area (Å²) >= 11 is 0. The van der Waals surface area contributed by atoms with Crippen LogP contribution in [0.5, 0.6) is 11.5 Å². The second-order valence-corrected chi connectivity index (χ2v) is 7.77. The molecule has 1 saturated heterocycles. The number of nitrogens with zero attached hydrogens (tertiary/aromatic N) is 2. The summed E-state index contributed by atoms with van der Waals surface area (Å²) in [5.41, 5.74) is 0.0300. The number of benzene rings is 2. The normalized spacial score (nSPS) is 15.2. The van der Waals surface area contributed by atoms with Crippen LogP contribution in [0.15, 0.2) is 47.3 Å². The summed E-state index contributed by atoms with van der Waals surface area (Å²) in [6, 6.07) is 11.6. The molecule has 1 fully saturated rings. The van der Waals surface area contributed by atoms with Gasteiger partial charge in [-0.15, -0.1) is 0 Å². The maximum absolute atomic E-state index is 13.2. The number of methoxy groups -OCH3 is 2. The Kier molecular flexibility index (Phi) is 7.07. The van der Waals surface area contributed by atoms with Crippen LogP contribution in [0.25, 0.3) is 16.5 Å². The van der Waals surface area contributed by atoms with Crippen molar-refractivity contribution < 1.29 is 23.8 Å². The Labute approximate surface area is 195 Å². The summed E-state index contributed by atoms with van der Waals surface area (Å²) in [5.74, 6) is 0.00176. The number of nitrogens with one attached hydrogen (secondary N) is 2. The van der Waals surface area contributed by atoms with E-state index in [1.165, 1.54) is 14.2 Å². The number of ether oxygens (including phenoxy) is 3. The predicted molar refractivity (Wildman–Crippen MR) is 125 cm³/mol. The Hall–Kier alpha value is -3.92. The molecule has 10 nitrogen and oxygen atoms in total. The lowest BCUT2D eigenvalue weighted by molar-refractivity contribution is -0.120. The summed E-state index contributed by atoms with van der Waals surface area (Å²) in [4.78, 5) is 38.3. The van der Waals surface area contributed by atoms with Crippen LogP contribution in [0, 0.1) is 0 Å². The molecule has 1 unspecified atom stereocenters. The number of carbonyl (C=O) groups excluding carboxylic acids is 2. The molecule has 0 bridgehead atoms. The van der Waals surface area contributed by atoms with Gasteiger partial charge in [-0.05, 0) is 31.0 Å². The van der Waals surface area contributed by atoms with Crippen LogP contribution >= 0.6 is 0 Å². The van der Waals surface area contributed by atoms with Crippen LogP contribution in [0.1, 0.15) is 23.3 Å². The number of amides is 2. The number of aromatic nitrogens is 2. The molecule has 34 heavy (non-hydrogen) atoms. The molecule has 1 aliphatic heterocycles. The molecule has 2 aromatic carbocycles. The number of hydrogen-bond acceptors (Lipinski definition) is 7. The molecule has 2 heterocycles. The fourth-order valence-corrected chi connectivity index (χ4v) is 3.83. The highest BCUT2D eigenvalue weighted by Crippen LogP contribution is 2.28. The van der Waals surface area contributed by atoms with E-state index < -0.39 is 11.5 Å². The first-order valence-electron chi connectivity index (χ1n) is 10.9. The molecule has 2 N–H and O–H groups in total. The van der Waals surface area contributed by atoms with Gasteiger partial charge in [0.1, 0.15) is 0 Å². The van der Waals surface area contributed by atoms with Crippen molar-refractivity contribution in [1.82, 2.24) is 20.4 Å². The average Bonchev–Trinajstić information content (AvgIpc) is 3.40. The van der Waals surface area contributed by atoms with E-state index in [-0.39, 0.29) is 24.2 Å². The van der Waals surface area contributed by atoms with Crippen LogP contribution in [0.4, 0.5) is 0 Å². The Bertz CT molecular complexity index is 1270. The monoisotopic (exact) mass is 466 g/mol. The van der Waals surface area contributed by atoms with Gasteiger partial charge in [0.05, 0.1) is 37.9 Å². The molecule has 2 amide bonds. The summed E-state index contributed by atoms with van der Waals surface area (Å²) in [7, 11) is 3.00. The summed E-state index contributed by atoms with van der Waals surface area (Å²) in [5, 5.41) is 10.4. The van der Waals surface area contributed by atoms with Gasteiger partial charge in [0.25, 0.3) is 11.5 Å². The molecule has 0 radical (unpaired) electrons. The van der Waals surface area contributed by atoms with E-state index in [2.05, 4.69) is 15.7 Å². The zero-order valence-electron chi connectivity index (χ0n) is 19.0. The molecule has 1 aliphatic rings. The minimum absolute atomic E-state index is 0.00954. The molecule has 4 rings (SSSR count). The Morgan fingerprint density at radius 2 is 1.85 bits per heavy atom. The first kappa shape index (κ1) is 23.2. The van der Waals surface area contributed by atoms with Crippen molar-refractivity contribution in [3.05, 3.63) is 58.5 Å². The fraction of sp³-hybridized carbons (Fsp3) is 0.333. The topological polar surface area (TPSA) is 121 Å². The zero-order chi connectivity index (χ0) is 24.1. The highest BCUT2D eigenvalue weighted by molar-refractivity contribution is 6.05. The highest BCUT2D eigenvalue weighted by atomic mass is 16.5. The first-order valence-corrected chi connectivity index (χ1v) is 10.9. The summed E-state index contributed by atoms with van der Waals surface area (Å²) < 4.78 is 17.2. The molecule has 10 heteroatoms. The Morgan fingerprint density at radius 3 is 2.56 bits per heavy atom. The smallest absolute Gasteiger partial charge is 0.279 e. The number of rotatable bonds is 8. The lowest BCUT2D eigenvalue weighted by Gasteiger charge is -2.14. The zero-order valence-corrected chi connectivity index (χ0v) is 19.0. The average molecular weight is 466 g/mol. The van der Waals surface area contributed by atoms with Crippen molar-refractivity contribution in [2.24, 2.45) is 0 Å². The van der Waals surface area contributed by atoms with Gasteiger partial charge in [-0.1, -0.05) is 18.2 Å². The molecule has 1 atom stereocenters. The van der Waals surface area contributed by atoms with Gasteiger partial charge in [0.2, 0.25) is 5.91 Å². The SMILES string of the molecule is COc1ccc(-n2nc(C(=O)NCC(=O)NCC3CCCO3)c3ccccc3c2=O)cc1OC. The third-order valence-corrected chi connectivity index (χ3v) is 5.59. The molecule has 0 spiro atoms. The van der Waals surface area contributed by atoms with Crippen LogP contribution < -0.4 is 25.7 Å². The van der Waals surface area contributed by atoms with Crippen molar-refractivity contribution in [2.75, 3.05) is 33.9 Å². The van der Waals surface area contributed by atoms with Gasteiger partial charge in [-0.25, -0.2) is 0 Å². The maximum Gasteiger partial charge on any atom is 0.279 e. The molecule has 1 aromatic heterocycles. The molecular weight excluding hydrogens is 440 g/mol. The van der Waals surface area contributed by atoms with Gasteiger partial charge in [0.15, 0.2) is 17.2 Å². The van der Waals surface area contributed by atoms with Crippen molar-refractivity contribution in [2.45, 2.75) is 18.9 Å². The van der Waals surface area contributed by atoms with Crippen LogP contribution in [0.3, 0.4) is 0 Å². The largest absolute Gasteiger partial charge is 0.493 e. The van der Waals surface area contributed by atoms with Crippen molar-refractivity contribution in [3.63, 3.8) is 0 Å². The van der Waals surface area contributed by atoms with E-state index in [1.807, 2.05) is 0 Å². The Morgan fingerprint density at radius 1 is 1.09 bits per heavy atom. The van der Waals surface area contributed by atoms with Crippen molar-refractivity contribution in [3.8, 4) is 17.2 Å². The fourth-order valence-electron chi connectivity index (χ4n) is 3.83. The number of carbonyl (C=O) groups is 2. The molecule has 3 aromatic rings. The molecule has 0 aliphatic carbocycles. The number of fused-ring (bicyclic) bond motifs is 1. The van der Waals surface area contributed by atoms with Gasteiger partial charge >= 0.3 is 0 Å². The summed E-state index contributed by atoms with van der Waals surface area (Å²) in [6.45, 7) is 0.878. The van der Waals surface area contributed by atoms with Gasteiger partial charge < -0.3 is 24.8 Å². The van der Waals surface area contributed by atoms with E-state index in [0.29, 0.717) is 41.1 Å². The lowest BCUT2D eigenvalue weighted by Crippen LogP contribution is -2.40. The first-order chi connectivity index (χ1) is 16.5. The molecule has 0 saturated carbocycles. The highest BCUT2D eigenvalue weighted by Gasteiger charge is 2.20. The second kappa shape index (κ2) is 10.3. The van der Waals surface area contributed by atoms with Gasteiger partial charge in [0, 0.05) is 24.6 Å². The molecular formula is C24H26N4O6. The standard InChI is InChI=1S/C24H26N4O6/c1-32-19-10-9-15(12-20(19)33-2)28-24(31)18-8-4-3-7-17(18)22(27-28)23(30)26-14-21(29)25-13-16-6-5-11-34-16/h3-4,7-10,12,16H,5-6,11,13-14H2,1-2H3,(H,25,29)(H,26,30). The maximum atomic E-state index is 13.2. The minimum Gasteiger partial charge on any atom is -0.493 e. The third-order valence-electron chi connectivity index (χ3n) is 5.59. The number of hydrogen-bond donors (Lipinski definition) is 2. The van der Waals surface area contributed by atoms with Crippen LogP contribution in [0.2, 0.25) is 0 Å². The lowest BCUT2D eigenvalue weighted by atomic mass is 10.1. The predicted octanol–water partition coefficient (Wildman–Crippen LogP) is 1.43. The quantitative estimate of drug-likeness (QED) is 0.515. The van der Waals surface area contributed by atoms with Crippen LogP contribution in [-0.4, -0.2) is 61.6 Å². The van der Waals surface area contributed by atoms with E-state index in [0.717, 1.165) is 17.5 Å². The molecule has 178 valence electrons. The van der Waals surface area contributed by atoms with E-state index in [9.17, 15) is 14.4 Å². The van der Waals surface area contributed by atoms with Gasteiger partial charge in [-0.3, -0.25) is 14.4 Å². The van der Waals surface area contributed by atoms with Crippen molar-refractivity contribution >= 4 is 22.6 Å². The van der Waals surface area contributed by atoms with Gasteiger partial charge in [-0.2, -0.15) is 9.78 Å². The summed E-state index contributed by atoms with van der Waals surface area (Å²) in [6.07, 6.45) is 1.89. The third kappa shape index (κ3) is 4.86. The van der Waals surface area contributed by atoms with Crippen molar-refractivity contribution in [1.29, 1.82) is 0 Å². The van der Waals surface area contributed by atoms with Crippen LogP contribution in [-0.2, 0) is 9.53 Å².